The maximum Gasteiger partial charge on any atom is 0.245 e. The van der Waals surface area contributed by atoms with E-state index in [9.17, 15) is 10.4 Å². The predicted octanol–water partition coefficient (Wildman–Crippen LogP) is 1.42. The fourth-order valence-electron chi connectivity index (χ4n) is 2.23. The highest BCUT2D eigenvalue weighted by atomic mass is 28.3. The van der Waals surface area contributed by atoms with Crippen molar-refractivity contribution in [3.8, 4) is 6.07 Å². The minimum atomic E-state index is -1.11. The summed E-state index contributed by atoms with van der Waals surface area (Å²) in [6.45, 7) is 9.28. The zero-order valence-corrected chi connectivity index (χ0v) is 14.6. The second kappa shape index (κ2) is 7.22. The Morgan fingerprint density at radius 2 is 2.05 bits per heavy atom. The summed E-state index contributed by atoms with van der Waals surface area (Å²) in [6.07, 6.45) is 1.19. The van der Waals surface area contributed by atoms with Crippen molar-refractivity contribution in [3.05, 3.63) is 5.82 Å². The van der Waals surface area contributed by atoms with E-state index in [2.05, 4.69) is 35.8 Å². The van der Waals surface area contributed by atoms with Crippen LogP contribution in [-0.4, -0.2) is 53.7 Å². The number of nitrogens with zero attached hydrogens (tertiary/aromatic N) is 5. The van der Waals surface area contributed by atoms with Crippen molar-refractivity contribution >= 4 is 14.0 Å². The molecule has 0 unspecified atom stereocenters. The predicted molar refractivity (Wildman–Crippen MR) is 86.3 cm³/mol. The molecular formula is C14H25N5O2Si. The molecule has 1 saturated heterocycles. The molecule has 8 heteroatoms. The summed E-state index contributed by atoms with van der Waals surface area (Å²) in [4.78, 5) is 6.27. The number of aliphatic hydroxyl groups is 1. The van der Waals surface area contributed by atoms with Gasteiger partial charge >= 0.3 is 0 Å². The van der Waals surface area contributed by atoms with Gasteiger partial charge in [-0.1, -0.05) is 19.6 Å². The van der Waals surface area contributed by atoms with Crippen LogP contribution in [0.5, 0.6) is 0 Å². The van der Waals surface area contributed by atoms with Gasteiger partial charge in [0.1, 0.15) is 12.8 Å². The molecular weight excluding hydrogens is 298 g/mol. The molecule has 0 aromatic carbocycles. The molecule has 2 heterocycles. The minimum Gasteiger partial charge on any atom is -0.393 e. The van der Waals surface area contributed by atoms with Gasteiger partial charge in [-0.25, -0.2) is 4.68 Å². The molecule has 2 rings (SSSR count). The summed E-state index contributed by atoms with van der Waals surface area (Å²) >= 11 is 0. The molecule has 1 aromatic heterocycles. The van der Waals surface area contributed by atoms with Gasteiger partial charge in [0, 0.05) is 27.8 Å². The van der Waals surface area contributed by atoms with E-state index in [1.54, 1.807) is 0 Å². The van der Waals surface area contributed by atoms with Crippen molar-refractivity contribution in [2.45, 2.75) is 51.4 Å². The number of aliphatic hydroxyl groups excluding tert-OH is 1. The van der Waals surface area contributed by atoms with Gasteiger partial charge in [0.05, 0.1) is 6.10 Å². The Morgan fingerprint density at radius 1 is 1.36 bits per heavy atom. The highest BCUT2D eigenvalue weighted by Crippen LogP contribution is 2.17. The number of anilines is 1. The third-order valence-corrected chi connectivity index (χ3v) is 5.42. The summed E-state index contributed by atoms with van der Waals surface area (Å²) in [5, 5.41) is 23.1. The van der Waals surface area contributed by atoms with E-state index >= 15 is 0 Å². The van der Waals surface area contributed by atoms with E-state index in [0.29, 0.717) is 38.5 Å². The fraction of sp³-hybridized carbons (Fsp3) is 0.786. The van der Waals surface area contributed by atoms with E-state index in [1.165, 1.54) is 4.68 Å². The van der Waals surface area contributed by atoms with Gasteiger partial charge in [-0.05, 0) is 18.9 Å². The molecule has 1 aliphatic heterocycles. The molecule has 1 aliphatic rings. The molecule has 1 N–H and O–H groups in total. The molecule has 0 radical (unpaired) electrons. The minimum absolute atomic E-state index is 0.237. The first-order valence-corrected chi connectivity index (χ1v) is 11.5. The molecule has 7 nitrogen and oxygen atoms in total. The first-order chi connectivity index (χ1) is 10.4. The Morgan fingerprint density at radius 3 is 2.64 bits per heavy atom. The third-order valence-electron chi connectivity index (χ3n) is 3.72. The summed E-state index contributed by atoms with van der Waals surface area (Å²) < 4.78 is 7.16. The molecule has 1 aromatic rings. The number of hydrogen-bond acceptors (Lipinski definition) is 6. The molecule has 0 amide bonds. The van der Waals surface area contributed by atoms with Crippen molar-refractivity contribution in [1.82, 2.24) is 14.8 Å². The van der Waals surface area contributed by atoms with Crippen molar-refractivity contribution in [3.63, 3.8) is 0 Å². The second-order valence-corrected chi connectivity index (χ2v) is 12.5. The van der Waals surface area contributed by atoms with Gasteiger partial charge in [0.2, 0.25) is 11.8 Å². The van der Waals surface area contributed by atoms with E-state index in [1.807, 2.05) is 4.90 Å². The lowest BCUT2D eigenvalue weighted by Crippen LogP contribution is -2.36. The number of aromatic nitrogens is 3. The van der Waals surface area contributed by atoms with Crippen molar-refractivity contribution < 1.29 is 9.84 Å². The number of hydrogen-bond donors (Lipinski definition) is 1. The highest BCUT2D eigenvalue weighted by Gasteiger charge is 2.22. The van der Waals surface area contributed by atoms with Gasteiger partial charge in [0.25, 0.3) is 0 Å². The number of piperidine rings is 1. The Balaban J connectivity index is 1.93. The van der Waals surface area contributed by atoms with Crippen molar-refractivity contribution in [1.29, 1.82) is 5.26 Å². The van der Waals surface area contributed by atoms with Crippen LogP contribution >= 0.6 is 0 Å². The van der Waals surface area contributed by atoms with Crippen LogP contribution in [0.2, 0.25) is 25.7 Å². The van der Waals surface area contributed by atoms with Crippen LogP contribution in [0.3, 0.4) is 0 Å². The van der Waals surface area contributed by atoms with E-state index in [-0.39, 0.29) is 18.7 Å². The van der Waals surface area contributed by atoms with Crippen LogP contribution in [0.4, 0.5) is 5.95 Å². The van der Waals surface area contributed by atoms with Crippen LogP contribution in [0.15, 0.2) is 0 Å². The summed E-state index contributed by atoms with van der Waals surface area (Å²) in [7, 11) is -1.11. The zero-order chi connectivity index (χ0) is 16.2. The summed E-state index contributed by atoms with van der Waals surface area (Å²) in [6, 6.07) is 3.15. The molecule has 1 fully saturated rings. The molecule has 122 valence electrons. The summed E-state index contributed by atoms with van der Waals surface area (Å²) in [5.74, 6) is 0.825. The lowest BCUT2D eigenvalue weighted by molar-refractivity contribution is 0.0777. The number of rotatable bonds is 6. The number of ether oxygens (including phenoxy) is 1. The number of nitriles is 1. The van der Waals surface area contributed by atoms with E-state index in [0.717, 1.165) is 6.04 Å². The SMILES string of the molecule is C[Si](C)(C)CCOCn1nc(N2CCC(O)CC2)nc1C#N. The van der Waals surface area contributed by atoms with E-state index in [4.69, 9.17) is 4.74 Å². The second-order valence-electron chi connectivity index (χ2n) is 6.91. The maximum atomic E-state index is 9.55. The van der Waals surface area contributed by atoms with Crippen LogP contribution in [-0.2, 0) is 11.5 Å². The van der Waals surface area contributed by atoms with Crippen molar-refractivity contribution in [2.24, 2.45) is 0 Å². The molecule has 0 aliphatic carbocycles. The topological polar surface area (TPSA) is 87.2 Å². The van der Waals surface area contributed by atoms with Crippen LogP contribution in [0.25, 0.3) is 0 Å². The van der Waals surface area contributed by atoms with Crippen LogP contribution in [0.1, 0.15) is 18.7 Å². The zero-order valence-electron chi connectivity index (χ0n) is 13.6. The average molecular weight is 323 g/mol. The standard InChI is InChI=1S/C14H25N5O2Si/c1-22(2,3)9-8-21-11-19-13(10-15)16-14(17-19)18-6-4-12(20)5-7-18/h12,20H,4-9,11H2,1-3H3. The van der Waals surface area contributed by atoms with Crippen molar-refractivity contribution in [2.75, 3.05) is 24.6 Å². The molecule has 0 saturated carbocycles. The normalized spacial score (nSPS) is 16.8. The largest absolute Gasteiger partial charge is 0.393 e. The fourth-order valence-corrected chi connectivity index (χ4v) is 2.99. The highest BCUT2D eigenvalue weighted by molar-refractivity contribution is 6.76. The third kappa shape index (κ3) is 4.80. The van der Waals surface area contributed by atoms with Gasteiger partial charge in [-0.2, -0.15) is 10.2 Å². The van der Waals surface area contributed by atoms with E-state index < -0.39 is 8.07 Å². The van der Waals surface area contributed by atoms with Gasteiger partial charge in [0.15, 0.2) is 0 Å². The van der Waals surface area contributed by atoms with Gasteiger partial charge in [-0.3, -0.25) is 0 Å². The molecule has 0 bridgehead atoms. The van der Waals surface area contributed by atoms with Gasteiger partial charge in [-0.15, -0.1) is 5.10 Å². The monoisotopic (exact) mass is 323 g/mol. The maximum absolute atomic E-state index is 9.55. The molecule has 22 heavy (non-hydrogen) atoms. The Bertz CT molecular complexity index is 526. The average Bonchev–Trinajstić information content (AvgIpc) is 2.86. The smallest absolute Gasteiger partial charge is 0.245 e. The molecule has 0 atom stereocenters. The first kappa shape index (κ1) is 16.9. The summed E-state index contributed by atoms with van der Waals surface area (Å²) in [5.41, 5.74) is 0. The van der Waals surface area contributed by atoms with Gasteiger partial charge < -0.3 is 14.7 Å². The molecule has 0 spiro atoms. The first-order valence-electron chi connectivity index (χ1n) is 7.75. The Kier molecular flexibility index (Phi) is 5.56. The Hall–Kier alpha value is -1.43. The van der Waals surface area contributed by atoms with Crippen LogP contribution < -0.4 is 4.90 Å². The lowest BCUT2D eigenvalue weighted by Gasteiger charge is -2.28. The lowest BCUT2D eigenvalue weighted by atomic mass is 10.1. The Labute approximate surface area is 132 Å². The quantitative estimate of drug-likeness (QED) is 0.629. The van der Waals surface area contributed by atoms with Crippen LogP contribution in [0, 0.1) is 11.3 Å².